The fourth-order valence-electron chi connectivity index (χ4n) is 4.01. The third-order valence-corrected chi connectivity index (χ3v) is 6.18. The van der Waals surface area contributed by atoms with Crippen LogP contribution in [0.5, 0.6) is 0 Å². The molecule has 4 aromatic rings. The van der Waals surface area contributed by atoms with Crippen molar-refractivity contribution in [2.45, 2.75) is 20.8 Å². The molecule has 37 heavy (non-hydrogen) atoms. The molecule has 0 saturated carbocycles. The normalized spacial score (nSPS) is 10.8. The van der Waals surface area contributed by atoms with Gasteiger partial charge in [-0.25, -0.2) is 4.98 Å². The van der Waals surface area contributed by atoms with Gasteiger partial charge in [0.2, 0.25) is 11.9 Å². The van der Waals surface area contributed by atoms with E-state index in [1.54, 1.807) is 13.2 Å². The van der Waals surface area contributed by atoms with E-state index in [1.165, 1.54) is 4.90 Å². The highest BCUT2D eigenvalue weighted by Gasteiger charge is 2.22. The van der Waals surface area contributed by atoms with Gasteiger partial charge in [-0.2, -0.15) is 0 Å². The molecule has 0 atom stereocenters. The lowest BCUT2D eigenvalue weighted by Crippen LogP contribution is -2.40. The molecule has 0 radical (unpaired) electrons. The number of nitrogens with zero attached hydrogens (tertiary/aromatic N) is 3. The van der Waals surface area contributed by atoms with Crippen LogP contribution >= 0.6 is 0 Å². The molecule has 7 nitrogen and oxygen atoms in total. The van der Waals surface area contributed by atoms with E-state index >= 15 is 0 Å². The second-order valence-corrected chi connectivity index (χ2v) is 9.10. The molecule has 1 aromatic heterocycles. The molecule has 0 aliphatic heterocycles. The fourth-order valence-corrected chi connectivity index (χ4v) is 4.01. The minimum Gasteiger partial charge on any atom is -0.383 e. The van der Waals surface area contributed by atoms with Gasteiger partial charge >= 0.3 is 0 Å². The SMILES string of the molecule is COCCN(CC(=O)Nc1nc(-c2ccc(C)cc2)cn1-c1ccc(C)cc1)C(=O)c1ccccc1C. The van der Waals surface area contributed by atoms with Crippen molar-refractivity contribution in [2.75, 3.05) is 32.1 Å². The molecule has 4 rings (SSSR count). The number of hydrogen-bond acceptors (Lipinski definition) is 4. The number of aryl methyl sites for hydroxylation is 3. The summed E-state index contributed by atoms with van der Waals surface area (Å²) in [6.45, 7) is 6.43. The van der Waals surface area contributed by atoms with Crippen LogP contribution in [0.1, 0.15) is 27.0 Å². The number of hydrogen-bond donors (Lipinski definition) is 1. The highest BCUT2D eigenvalue weighted by Crippen LogP contribution is 2.25. The van der Waals surface area contributed by atoms with Crippen LogP contribution in [0, 0.1) is 20.8 Å². The van der Waals surface area contributed by atoms with Crippen LogP contribution in [0.25, 0.3) is 16.9 Å². The van der Waals surface area contributed by atoms with E-state index in [1.807, 2.05) is 98.3 Å². The predicted molar refractivity (Wildman–Crippen MR) is 146 cm³/mol. The molecule has 1 heterocycles. The monoisotopic (exact) mass is 496 g/mol. The quantitative estimate of drug-likeness (QED) is 0.346. The molecule has 0 aliphatic rings. The maximum absolute atomic E-state index is 13.3. The smallest absolute Gasteiger partial charge is 0.254 e. The first-order valence-electron chi connectivity index (χ1n) is 12.2. The van der Waals surface area contributed by atoms with Gasteiger partial charge < -0.3 is 9.64 Å². The van der Waals surface area contributed by atoms with Crippen molar-refractivity contribution in [3.8, 4) is 16.9 Å². The molecule has 0 saturated heterocycles. The number of carbonyl (C=O) groups is 2. The lowest BCUT2D eigenvalue weighted by atomic mass is 10.1. The van der Waals surface area contributed by atoms with Crippen LogP contribution in [-0.4, -0.2) is 53.1 Å². The van der Waals surface area contributed by atoms with Gasteiger partial charge in [-0.15, -0.1) is 0 Å². The average Bonchev–Trinajstić information content (AvgIpc) is 3.30. The van der Waals surface area contributed by atoms with Gasteiger partial charge in [-0.1, -0.05) is 65.7 Å². The third kappa shape index (κ3) is 6.32. The van der Waals surface area contributed by atoms with Gasteiger partial charge in [-0.3, -0.25) is 19.5 Å². The molecule has 2 amide bonds. The molecule has 0 spiro atoms. The highest BCUT2D eigenvalue weighted by molar-refractivity contribution is 6.00. The summed E-state index contributed by atoms with van der Waals surface area (Å²) in [5.41, 5.74) is 6.27. The van der Waals surface area contributed by atoms with Crippen molar-refractivity contribution in [3.05, 3.63) is 101 Å². The second kappa shape index (κ2) is 11.7. The maximum atomic E-state index is 13.3. The summed E-state index contributed by atoms with van der Waals surface area (Å²) in [6, 6.07) is 23.4. The first-order chi connectivity index (χ1) is 17.9. The summed E-state index contributed by atoms with van der Waals surface area (Å²) >= 11 is 0. The van der Waals surface area contributed by atoms with Gasteiger partial charge in [-0.05, 0) is 44.5 Å². The minimum absolute atomic E-state index is 0.128. The van der Waals surface area contributed by atoms with Crippen LogP contribution in [0.15, 0.2) is 79.0 Å². The summed E-state index contributed by atoms with van der Waals surface area (Å²) in [4.78, 5) is 32.7. The number of imidazole rings is 1. The second-order valence-electron chi connectivity index (χ2n) is 9.10. The fraction of sp³-hybridized carbons (Fsp3) is 0.233. The van der Waals surface area contributed by atoms with E-state index < -0.39 is 0 Å². The maximum Gasteiger partial charge on any atom is 0.254 e. The lowest BCUT2D eigenvalue weighted by molar-refractivity contribution is -0.117. The Morgan fingerprint density at radius 2 is 1.57 bits per heavy atom. The summed E-state index contributed by atoms with van der Waals surface area (Å²) < 4.78 is 7.05. The van der Waals surface area contributed by atoms with Crippen LogP contribution in [0.2, 0.25) is 0 Å². The first kappa shape index (κ1) is 25.9. The van der Waals surface area contributed by atoms with Crippen molar-refractivity contribution in [1.82, 2.24) is 14.5 Å². The van der Waals surface area contributed by atoms with Gasteiger partial charge in [0.05, 0.1) is 12.3 Å². The largest absolute Gasteiger partial charge is 0.383 e. The van der Waals surface area contributed by atoms with Crippen molar-refractivity contribution in [2.24, 2.45) is 0 Å². The van der Waals surface area contributed by atoms with E-state index in [4.69, 9.17) is 9.72 Å². The predicted octanol–water partition coefficient (Wildman–Crippen LogP) is 5.19. The van der Waals surface area contributed by atoms with E-state index in [0.29, 0.717) is 18.1 Å². The van der Waals surface area contributed by atoms with Gasteiger partial charge in [0.15, 0.2) is 0 Å². The number of methoxy groups -OCH3 is 1. The van der Waals surface area contributed by atoms with Gasteiger partial charge in [0.25, 0.3) is 5.91 Å². The summed E-state index contributed by atoms with van der Waals surface area (Å²) in [6.07, 6.45) is 1.91. The number of aromatic nitrogens is 2. The zero-order valence-electron chi connectivity index (χ0n) is 21.7. The number of benzene rings is 3. The molecular weight excluding hydrogens is 464 g/mol. The molecule has 0 aliphatic carbocycles. The Balaban J connectivity index is 1.61. The van der Waals surface area contributed by atoms with E-state index in [0.717, 1.165) is 33.6 Å². The van der Waals surface area contributed by atoms with Crippen molar-refractivity contribution < 1.29 is 14.3 Å². The molecule has 1 N–H and O–H groups in total. The molecule has 3 aromatic carbocycles. The number of rotatable bonds is 9. The molecular formula is C30H32N4O3. The third-order valence-electron chi connectivity index (χ3n) is 6.18. The Morgan fingerprint density at radius 3 is 2.22 bits per heavy atom. The van der Waals surface area contributed by atoms with Crippen molar-refractivity contribution in [3.63, 3.8) is 0 Å². The number of nitrogens with one attached hydrogen (secondary N) is 1. The van der Waals surface area contributed by atoms with Gasteiger partial charge in [0, 0.05) is 36.7 Å². The van der Waals surface area contributed by atoms with Crippen molar-refractivity contribution >= 4 is 17.8 Å². The van der Waals surface area contributed by atoms with E-state index in [-0.39, 0.29) is 24.9 Å². The van der Waals surface area contributed by atoms with E-state index in [9.17, 15) is 9.59 Å². The number of carbonyl (C=O) groups excluding carboxylic acids is 2. The van der Waals surface area contributed by atoms with Crippen LogP contribution in [-0.2, 0) is 9.53 Å². The minimum atomic E-state index is -0.340. The first-order valence-corrected chi connectivity index (χ1v) is 12.2. The Morgan fingerprint density at radius 1 is 0.919 bits per heavy atom. The topological polar surface area (TPSA) is 76.5 Å². The Kier molecular flexibility index (Phi) is 8.15. The zero-order chi connectivity index (χ0) is 26.4. The summed E-state index contributed by atoms with van der Waals surface area (Å²) in [7, 11) is 1.57. The molecule has 0 unspecified atom stereocenters. The Labute approximate surface area is 217 Å². The molecule has 7 heteroatoms. The molecule has 0 fully saturated rings. The molecule has 190 valence electrons. The average molecular weight is 497 g/mol. The number of anilines is 1. The summed E-state index contributed by atoms with van der Waals surface area (Å²) in [5, 5.41) is 2.93. The summed E-state index contributed by atoms with van der Waals surface area (Å²) in [5.74, 6) is -0.167. The Bertz CT molecular complexity index is 1370. The highest BCUT2D eigenvalue weighted by atomic mass is 16.5. The van der Waals surface area contributed by atoms with Crippen LogP contribution < -0.4 is 5.32 Å². The van der Waals surface area contributed by atoms with Crippen LogP contribution in [0.4, 0.5) is 5.95 Å². The van der Waals surface area contributed by atoms with Crippen LogP contribution in [0.3, 0.4) is 0 Å². The Hall–Kier alpha value is -4.23. The number of amides is 2. The van der Waals surface area contributed by atoms with Crippen molar-refractivity contribution in [1.29, 1.82) is 0 Å². The van der Waals surface area contributed by atoms with E-state index in [2.05, 4.69) is 5.32 Å². The molecule has 0 bridgehead atoms. The lowest BCUT2D eigenvalue weighted by Gasteiger charge is -2.22. The zero-order valence-corrected chi connectivity index (χ0v) is 21.7. The van der Waals surface area contributed by atoms with Gasteiger partial charge in [0.1, 0.15) is 6.54 Å². The number of ether oxygens (including phenoxy) is 1. The standard InChI is InChI=1S/C30H32N4O3/c1-21-9-13-24(14-10-21)27-19-34(25-15-11-22(2)12-16-25)30(31-27)32-28(35)20-33(17-18-37-4)29(36)26-8-6-5-7-23(26)3/h5-16,19H,17-18,20H2,1-4H3,(H,31,32,35).